The lowest BCUT2D eigenvalue weighted by Crippen LogP contribution is -2.08. The van der Waals surface area contributed by atoms with Crippen molar-refractivity contribution < 1.29 is 4.74 Å². The predicted molar refractivity (Wildman–Crippen MR) is 52.7 cm³/mol. The van der Waals surface area contributed by atoms with Crippen LogP contribution in [0.4, 0.5) is 0 Å². The van der Waals surface area contributed by atoms with Crippen LogP contribution in [0.1, 0.15) is 13.8 Å². The van der Waals surface area contributed by atoms with Crippen LogP contribution in [0.2, 0.25) is 0 Å². The molecule has 0 saturated heterocycles. The molecule has 0 fully saturated rings. The molecule has 68 valence electrons. The van der Waals surface area contributed by atoms with Crippen molar-refractivity contribution in [3.63, 3.8) is 0 Å². The lowest BCUT2D eigenvalue weighted by Gasteiger charge is -2.08. The van der Waals surface area contributed by atoms with Gasteiger partial charge in [0, 0.05) is 7.05 Å². The maximum atomic E-state index is 5.13. The minimum absolute atomic E-state index is 0.771. The molecule has 2 nitrogen and oxygen atoms in total. The first-order valence-electron chi connectivity index (χ1n) is 3.91. The van der Waals surface area contributed by atoms with E-state index in [-0.39, 0.29) is 0 Å². The molecule has 0 spiro atoms. The van der Waals surface area contributed by atoms with Gasteiger partial charge in [-0.25, -0.2) is 0 Å². The van der Waals surface area contributed by atoms with Gasteiger partial charge in [0.2, 0.25) is 0 Å². The van der Waals surface area contributed by atoms with Gasteiger partial charge in [-0.1, -0.05) is 18.2 Å². The van der Waals surface area contributed by atoms with Gasteiger partial charge < -0.3 is 10.1 Å². The fourth-order valence-electron chi connectivity index (χ4n) is 0.683. The van der Waals surface area contributed by atoms with Gasteiger partial charge >= 0.3 is 0 Å². The standard InChI is InChI=1S/C10H17NO/c1-6-8(2)7-10(12-5)9(3)11-4/h6-7,11H,3H2,1-2,4-5H3/b8-6-,10-7+. The number of rotatable bonds is 4. The summed E-state index contributed by atoms with van der Waals surface area (Å²) in [5.74, 6) is 0.771. The third-order valence-electron chi connectivity index (χ3n) is 1.63. The molecule has 0 aromatic rings. The van der Waals surface area contributed by atoms with Crippen LogP contribution in [0.5, 0.6) is 0 Å². The fourth-order valence-corrected chi connectivity index (χ4v) is 0.683. The third kappa shape index (κ3) is 3.28. The SMILES string of the molecule is C=C(NC)/C(=C\C(C)=C/C)OC. The van der Waals surface area contributed by atoms with E-state index >= 15 is 0 Å². The predicted octanol–water partition coefficient (Wildman–Crippen LogP) is 2.22. The van der Waals surface area contributed by atoms with E-state index in [0.717, 1.165) is 17.0 Å². The van der Waals surface area contributed by atoms with Gasteiger partial charge in [0.25, 0.3) is 0 Å². The maximum absolute atomic E-state index is 5.13. The lowest BCUT2D eigenvalue weighted by atomic mass is 10.2. The molecule has 0 aromatic heterocycles. The first kappa shape index (κ1) is 10.8. The summed E-state index contributed by atoms with van der Waals surface area (Å²) in [6.45, 7) is 7.80. The van der Waals surface area contributed by atoms with Crippen LogP contribution in [0.25, 0.3) is 0 Å². The van der Waals surface area contributed by atoms with E-state index in [4.69, 9.17) is 4.74 Å². The van der Waals surface area contributed by atoms with Crippen molar-refractivity contribution in [2.45, 2.75) is 13.8 Å². The second-order valence-electron chi connectivity index (χ2n) is 2.47. The lowest BCUT2D eigenvalue weighted by molar-refractivity contribution is 0.297. The number of ether oxygens (including phenoxy) is 1. The van der Waals surface area contributed by atoms with Crippen LogP contribution in [0.3, 0.4) is 0 Å². The summed E-state index contributed by atoms with van der Waals surface area (Å²) in [6, 6.07) is 0. The zero-order chi connectivity index (χ0) is 9.56. The highest BCUT2D eigenvalue weighted by Crippen LogP contribution is 2.08. The second-order valence-corrected chi connectivity index (χ2v) is 2.47. The molecule has 0 aliphatic heterocycles. The van der Waals surface area contributed by atoms with E-state index in [0.29, 0.717) is 0 Å². The summed E-state index contributed by atoms with van der Waals surface area (Å²) < 4.78 is 5.13. The number of hydrogen-bond donors (Lipinski definition) is 1. The van der Waals surface area contributed by atoms with Crippen LogP contribution in [0.15, 0.2) is 35.8 Å². The molecule has 0 aliphatic rings. The van der Waals surface area contributed by atoms with Gasteiger partial charge in [-0.05, 0) is 19.9 Å². The Morgan fingerprint density at radius 3 is 2.42 bits per heavy atom. The quantitative estimate of drug-likeness (QED) is 0.512. The van der Waals surface area contributed by atoms with Crippen LogP contribution in [-0.2, 0) is 4.74 Å². The molecule has 2 heteroatoms. The van der Waals surface area contributed by atoms with Gasteiger partial charge in [0.1, 0.15) is 5.76 Å². The Morgan fingerprint density at radius 2 is 2.08 bits per heavy atom. The first-order chi connectivity index (χ1) is 5.65. The molecular formula is C10H17NO. The van der Waals surface area contributed by atoms with E-state index in [1.54, 1.807) is 7.11 Å². The topological polar surface area (TPSA) is 21.3 Å². The highest BCUT2D eigenvalue weighted by molar-refractivity contribution is 5.29. The van der Waals surface area contributed by atoms with Crippen molar-refractivity contribution in [2.75, 3.05) is 14.2 Å². The van der Waals surface area contributed by atoms with Gasteiger partial charge in [-0.2, -0.15) is 0 Å². The van der Waals surface area contributed by atoms with Crippen molar-refractivity contribution >= 4 is 0 Å². The molecular weight excluding hydrogens is 150 g/mol. The van der Waals surface area contributed by atoms with E-state index in [2.05, 4.69) is 11.9 Å². The minimum Gasteiger partial charge on any atom is -0.495 e. The van der Waals surface area contributed by atoms with E-state index < -0.39 is 0 Å². The smallest absolute Gasteiger partial charge is 0.141 e. The second kappa shape index (κ2) is 5.47. The van der Waals surface area contributed by atoms with Gasteiger partial charge in [-0.3, -0.25) is 0 Å². The summed E-state index contributed by atoms with van der Waals surface area (Å²) in [4.78, 5) is 0. The maximum Gasteiger partial charge on any atom is 0.141 e. The van der Waals surface area contributed by atoms with E-state index in [9.17, 15) is 0 Å². The molecule has 0 unspecified atom stereocenters. The Balaban J connectivity index is 4.54. The largest absolute Gasteiger partial charge is 0.495 e. The van der Waals surface area contributed by atoms with Crippen LogP contribution < -0.4 is 5.32 Å². The molecule has 0 rings (SSSR count). The van der Waals surface area contributed by atoms with Crippen molar-refractivity contribution in [2.24, 2.45) is 0 Å². The van der Waals surface area contributed by atoms with Gasteiger partial charge in [0.05, 0.1) is 12.8 Å². The summed E-state index contributed by atoms with van der Waals surface area (Å²) in [7, 11) is 3.46. The Hall–Kier alpha value is -1.18. The van der Waals surface area contributed by atoms with E-state index in [1.807, 2.05) is 33.0 Å². The van der Waals surface area contributed by atoms with Crippen LogP contribution in [-0.4, -0.2) is 14.2 Å². The number of nitrogens with one attached hydrogen (secondary N) is 1. The Labute approximate surface area is 74.6 Å². The molecule has 0 atom stereocenters. The van der Waals surface area contributed by atoms with E-state index in [1.165, 1.54) is 0 Å². The molecule has 0 saturated carbocycles. The molecule has 12 heavy (non-hydrogen) atoms. The van der Waals surface area contributed by atoms with Crippen molar-refractivity contribution in [3.8, 4) is 0 Å². The summed E-state index contributed by atoms with van der Waals surface area (Å²) >= 11 is 0. The molecule has 0 bridgehead atoms. The zero-order valence-electron chi connectivity index (χ0n) is 8.27. The summed E-state index contributed by atoms with van der Waals surface area (Å²) in [5.41, 5.74) is 1.95. The highest BCUT2D eigenvalue weighted by Gasteiger charge is 1.98. The zero-order valence-corrected chi connectivity index (χ0v) is 8.27. The number of likely N-dealkylation sites (N-methyl/N-ethyl adjacent to an activating group) is 1. The van der Waals surface area contributed by atoms with Crippen molar-refractivity contribution in [1.29, 1.82) is 0 Å². The average Bonchev–Trinajstić information content (AvgIpc) is 2.12. The number of hydrogen-bond acceptors (Lipinski definition) is 2. The summed E-state index contributed by atoms with van der Waals surface area (Å²) in [5, 5.41) is 2.93. The van der Waals surface area contributed by atoms with Crippen LogP contribution >= 0.6 is 0 Å². The normalized spacial score (nSPS) is 12.7. The molecule has 0 amide bonds. The monoisotopic (exact) mass is 167 g/mol. The van der Waals surface area contributed by atoms with Crippen LogP contribution in [0, 0.1) is 0 Å². The molecule has 1 N–H and O–H groups in total. The Morgan fingerprint density at radius 1 is 1.50 bits per heavy atom. The third-order valence-corrected chi connectivity index (χ3v) is 1.63. The number of methoxy groups -OCH3 is 1. The minimum atomic E-state index is 0.771. The van der Waals surface area contributed by atoms with Gasteiger partial charge in [-0.15, -0.1) is 0 Å². The molecule has 0 radical (unpaired) electrons. The number of allylic oxidation sites excluding steroid dienone is 3. The Kier molecular flexibility index (Phi) is 4.93. The van der Waals surface area contributed by atoms with Crippen molar-refractivity contribution in [3.05, 3.63) is 35.8 Å². The van der Waals surface area contributed by atoms with Crippen molar-refractivity contribution in [1.82, 2.24) is 5.32 Å². The fraction of sp³-hybridized carbons (Fsp3) is 0.400. The Bertz CT molecular complexity index is 214. The molecule has 0 aromatic carbocycles. The summed E-state index contributed by atoms with van der Waals surface area (Å²) in [6.07, 6.45) is 3.96. The molecule has 0 aliphatic carbocycles. The van der Waals surface area contributed by atoms with Gasteiger partial charge in [0.15, 0.2) is 0 Å². The first-order valence-corrected chi connectivity index (χ1v) is 3.91. The molecule has 0 heterocycles. The highest BCUT2D eigenvalue weighted by atomic mass is 16.5. The average molecular weight is 167 g/mol.